The van der Waals surface area contributed by atoms with Gasteiger partial charge in [0.05, 0.1) is 17.7 Å². The average molecular weight is 592 g/mol. The Hall–Kier alpha value is -3.85. The zero-order valence-electron chi connectivity index (χ0n) is 24.9. The van der Waals surface area contributed by atoms with Gasteiger partial charge in [-0.15, -0.1) is 0 Å². The van der Waals surface area contributed by atoms with Crippen molar-refractivity contribution in [1.29, 1.82) is 0 Å². The number of nitrogens with zero attached hydrogens (tertiary/aromatic N) is 2. The molecular formula is C33H41N3O5S. The van der Waals surface area contributed by atoms with Gasteiger partial charge < -0.3 is 15.0 Å². The SMILES string of the molecule is COc1ccc(CN(C(=O)CN(c2cccc(C)c2C)S(=O)(=O)c2ccccc2)C(C)C(=O)NC2CCCCC2)cc1. The van der Waals surface area contributed by atoms with Crippen LogP contribution in [-0.2, 0) is 26.2 Å². The molecule has 3 aromatic rings. The van der Waals surface area contributed by atoms with E-state index in [0.717, 1.165) is 48.8 Å². The Labute approximate surface area is 249 Å². The molecule has 1 fully saturated rings. The van der Waals surface area contributed by atoms with Crippen molar-refractivity contribution in [2.45, 2.75) is 76.4 Å². The number of rotatable bonds is 11. The Bertz CT molecular complexity index is 1470. The summed E-state index contributed by atoms with van der Waals surface area (Å²) in [4.78, 5) is 29.2. The number of anilines is 1. The molecule has 0 spiro atoms. The predicted molar refractivity (Wildman–Crippen MR) is 165 cm³/mol. The van der Waals surface area contributed by atoms with Gasteiger partial charge in [0.1, 0.15) is 18.3 Å². The van der Waals surface area contributed by atoms with Crippen molar-refractivity contribution in [3.8, 4) is 5.75 Å². The van der Waals surface area contributed by atoms with Crippen LogP contribution in [0.2, 0.25) is 0 Å². The Morgan fingerprint density at radius 2 is 1.60 bits per heavy atom. The van der Waals surface area contributed by atoms with Gasteiger partial charge >= 0.3 is 0 Å². The minimum Gasteiger partial charge on any atom is -0.497 e. The summed E-state index contributed by atoms with van der Waals surface area (Å²) in [6, 6.07) is 20.0. The van der Waals surface area contributed by atoms with Crippen LogP contribution in [-0.4, -0.2) is 50.9 Å². The summed E-state index contributed by atoms with van der Waals surface area (Å²) >= 11 is 0. The minimum atomic E-state index is -4.10. The average Bonchev–Trinajstić information content (AvgIpc) is 3.01. The molecule has 0 aromatic heterocycles. The molecule has 1 atom stereocenters. The zero-order valence-corrected chi connectivity index (χ0v) is 25.7. The maximum Gasteiger partial charge on any atom is 0.264 e. The second-order valence-electron chi connectivity index (χ2n) is 10.9. The highest BCUT2D eigenvalue weighted by atomic mass is 32.2. The number of nitrogens with one attached hydrogen (secondary N) is 1. The van der Waals surface area contributed by atoms with Crippen molar-refractivity contribution in [2.24, 2.45) is 0 Å². The van der Waals surface area contributed by atoms with Crippen LogP contribution in [0.4, 0.5) is 5.69 Å². The van der Waals surface area contributed by atoms with Gasteiger partial charge in [0.2, 0.25) is 11.8 Å². The smallest absolute Gasteiger partial charge is 0.264 e. The Kier molecular flexibility index (Phi) is 10.3. The van der Waals surface area contributed by atoms with Gasteiger partial charge in [-0.2, -0.15) is 0 Å². The number of sulfonamides is 1. The lowest BCUT2D eigenvalue weighted by Gasteiger charge is -2.33. The number of hydrogen-bond donors (Lipinski definition) is 1. The summed E-state index contributed by atoms with van der Waals surface area (Å²) in [7, 11) is -2.52. The molecular weight excluding hydrogens is 550 g/mol. The molecule has 2 amide bonds. The number of methoxy groups -OCH3 is 1. The molecule has 224 valence electrons. The van der Waals surface area contributed by atoms with Gasteiger partial charge in [-0.1, -0.05) is 61.7 Å². The lowest BCUT2D eigenvalue weighted by Crippen LogP contribution is -2.53. The summed E-state index contributed by atoms with van der Waals surface area (Å²) in [5, 5.41) is 3.13. The van der Waals surface area contributed by atoms with Gasteiger partial charge in [-0.05, 0) is 80.6 Å². The van der Waals surface area contributed by atoms with E-state index in [4.69, 9.17) is 4.74 Å². The van der Waals surface area contributed by atoms with E-state index in [1.807, 2.05) is 32.0 Å². The third kappa shape index (κ3) is 7.31. The number of benzene rings is 3. The number of ether oxygens (including phenoxy) is 1. The summed E-state index contributed by atoms with van der Waals surface area (Å²) in [5.41, 5.74) is 2.89. The first kappa shape index (κ1) is 31.1. The first-order valence-electron chi connectivity index (χ1n) is 14.5. The molecule has 0 heterocycles. The third-order valence-electron chi connectivity index (χ3n) is 8.09. The van der Waals surface area contributed by atoms with Crippen LogP contribution >= 0.6 is 0 Å². The molecule has 1 unspecified atom stereocenters. The Morgan fingerprint density at radius 1 is 0.929 bits per heavy atom. The largest absolute Gasteiger partial charge is 0.497 e. The standard InChI is InChI=1S/C33H41N3O5S/c1-24-12-11-17-31(25(24)2)36(42(39,40)30-15-9-6-10-16-30)23-32(37)35(22-27-18-20-29(41-4)21-19-27)26(3)33(38)34-28-13-7-5-8-14-28/h6,9-12,15-21,26,28H,5,7-8,13-14,22-23H2,1-4H3,(H,34,38). The van der Waals surface area contributed by atoms with Crippen molar-refractivity contribution < 1.29 is 22.7 Å². The van der Waals surface area contributed by atoms with E-state index in [1.54, 1.807) is 56.5 Å². The molecule has 8 nitrogen and oxygen atoms in total. The number of carbonyl (C=O) groups excluding carboxylic acids is 2. The van der Waals surface area contributed by atoms with Gasteiger partial charge in [0, 0.05) is 12.6 Å². The van der Waals surface area contributed by atoms with Gasteiger partial charge in [0.25, 0.3) is 10.0 Å². The topological polar surface area (TPSA) is 96.0 Å². The first-order valence-corrected chi connectivity index (χ1v) is 15.9. The molecule has 1 saturated carbocycles. The highest BCUT2D eigenvalue weighted by Crippen LogP contribution is 2.29. The van der Waals surface area contributed by atoms with Crippen LogP contribution in [0.15, 0.2) is 77.7 Å². The van der Waals surface area contributed by atoms with Crippen LogP contribution in [0.5, 0.6) is 5.75 Å². The molecule has 1 N–H and O–H groups in total. The quantitative estimate of drug-likeness (QED) is 0.323. The summed E-state index contributed by atoms with van der Waals surface area (Å²) in [6.45, 7) is 5.13. The molecule has 1 aliphatic rings. The molecule has 1 aliphatic carbocycles. The van der Waals surface area contributed by atoms with E-state index < -0.39 is 28.5 Å². The van der Waals surface area contributed by atoms with Crippen LogP contribution in [0.1, 0.15) is 55.7 Å². The maximum absolute atomic E-state index is 14.2. The molecule has 0 radical (unpaired) electrons. The fourth-order valence-electron chi connectivity index (χ4n) is 5.32. The normalized spacial score (nSPS) is 14.6. The number of amides is 2. The summed E-state index contributed by atoms with van der Waals surface area (Å²) < 4.78 is 34.5. The van der Waals surface area contributed by atoms with E-state index in [0.29, 0.717) is 11.4 Å². The van der Waals surface area contributed by atoms with E-state index in [1.165, 1.54) is 21.3 Å². The summed E-state index contributed by atoms with van der Waals surface area (Å²) in [6.07, 6.45) is 5.13. The molecule has 3 aromatic carbocycles. The van der Waals surface area contributed by atoms with Gasteiger partial charge in [0.15, 0.2) is 0 Å². The number of aryl methyl sites for hydroxylation is 1. The number of carbonyl (C=O) groups is 2. The molecule has 0 bridgehead atoms. The number of hydrogen-bond acceptors (Lipinski definition) is 5. The lowest BCUT2D eigenvalue weighted by molar-refractivity contribution is -0.139. The Balaban J connectivity index is 1.69. The first-order chi connectivity index (χ1) is 20.1. The van der Waals surface area contributed by atoms with E-state index >= 15 is 0 Å². The van der Waals surface area contributed by atoms with Crippen molar-refractivity contribution in [2.75, 3.05) is 18.0 Å². The van der Waals surface area contributed by atoms with E-state index in [2.05, 4.69) is 5.32 Å². The predicted octanol–water partition coefficient (Wildman–Crippen LogP) is 5.37. The minimum absolute atomic E-state index is 0.0801. The molecule has 42 heavy (non-hydrogen) atoms. The van der Waals surface area contributed by atoms with Gasteiger partial charge in [-0.25, -0.2) is 8.42 Å². The van der Waals surface area contributed by atoms with E-state index in [-0.39, 0.29) is 23.4 Å². The van der Waals surface area contributed by atoms with Crippen LogP contribution < -0.4 is 14.4 Å². The van der Waals surface area contributed by atoms with Crippen LogP contribution in [0.25, 0.3) is 0 Å². The fraction of sp³-hybridized carbons (Fsp3) is 0.394. The van der Waals surface area contributed by atoms with Crippen molar-refractivity contribution in [3.05, 3.63) is 89.5 Å². The maximum atomic E-state index is 14.2. The Morgan fingerprint density at radius 3 is 2.24 bits per heavy atom. The van der Waals surface area contributed by atoms with E-state index in [9.17, 15) is 18.0 Å². The van der Waals surface area contributed by atoms with Crippen LogP contribution in [0, 0.1) is 13.8 Å². The second kappa shape index (κ2) is 13.9. The molecule has 0 saturated heterocycles. The highest BCUT2D eigenvalue weighted by Gasteiger charge is 2.33. The van der Waals surface area contributed by atoms with Crippen molar-refractivity contribution in [3.63, 3.8) is 0 Å². The van der Waals surface area contributed by atoms with Gasteiger partial charge in [-0.3, -0.25) is 13.9 Å². The lowest BCUT2D eigenvalue weighted by atomic mass is 9.95. The van der Waals surface area contributed by atoms with Crippen LogP contribution in [0.3, 0.4) is 0 Å². The molecule has 4 rings (SSSR count). The molecule has 0 aliphatic heterocycles. The fourth-order valence-corrected chi connectivity index (χ4v) is 6.81. The monoisotopic (exact) mass is 591 g/mol. The third-order valence-corrected chi connectivity index (χ3v) is 9.86. The van der Waals surface area contributed by atoms with Crippen molar-refractivity contribution >= 4 is 27.5 Å². The zero-order chi connectivity index (χ0) is 30.3. The summed E-state index contributed by atoms with van der Waals surface area (Å²) in [5.74, 6) is -0.0414. The molecule has 9 heteroatoms. The highest BCUT2D eigenvalue weighted by molar-refractivity contribution is 7.92. The second-order valence-corrected chi connectivity index (χ2v) is 12.8. The van der Waals surface area contributed by atoms with Crippen molar-refractivity contribution in [1.82, 2.24) is 10.2 Å².